The summed E-state index contributed by atoms with van der Waals surface area (Å²) in [7, 11) is -3.45. The molecule has 10 heteroatoms. The van der Waals surface area contributed by atoms with Crippen LogP contribution in [-0.2, 0) is 21.2 Å². The molecule has 1 aromatic heterocycles. The first-order chi connectivity index (χ1) is 14.5. The van der Waals surface area contributed by atoms with Gasteiger partial charge in [0.05, 0.1) is 18.0 Å². The molecule has 1 aliphatic heterocycles. The van der Waals surface area contributed by atoms with Crippen LogP contribution in [0.1, 0.15) is 38.3 Å². The summed E-state index contributed by atoms with van der Waals surface area (Å²) in [6.45, 7) is 2.45. The van der Waals surface area contributed by atoms with Gasteiger partial charge in [0.2, 0.25) is 15.9 Å². The number of carbonyl (C=O) groups is 1. The molecule has 2 fully saturated rings. The second-order valence-corrected chi connectivity index (χ2v) is 11.4. The van der Waals surface area contributed by atoms with Crippen molar-refractivity contribution in [3.63, 3.8) is 0 Å². The number of nitrogens with one attached hydrogen (secondary N) is 1. The van der Waals surface area contributed by atoms with Crippen molar-refractivity contribution in [2.45, 2.75) is 51.1 Å². The van der Waals surface area contributed by atoms with Gasteiger partial charge in [-0.25, -0.2) is 26.9 Å². The highest BCUT2D eigenvalue weighted by Crippen LogP contribution is 2.43. The first kappa shape index (κ1) is 22.3. The second-order valence-electron chi connectivity index (χ2n) is 8.77. The molecule has 31 heavy (non-hydrogen) atoms. The van der Waals surface area contributed by atoms with Crippen molar-refractivity contribution in [1.29, 1.82) is 0 Å². The third-order valence-electron chi connectivity index (χ3n) is 6.23. The van der Waals surface area contributed by atoms with E-state index in [0.29, 0.717) is 35.7 Å². The van der Waals surface area contributed by atoms with E-state index in [1.807, 2.05) is 6.92 Å². The second kappa shape index (κ2) is 8.22. The lowest BCUT2D eigenvalue weighted by Crippen LogP contribution is -2.52. The molecule has 4 rings (SSSR count). The van der Waals surface area contributed by atoms with Crippen LogP contribution in [-0.4, -0.2) is 49.1 Å². The summed E-state index contributed by atoms with van der Waals surface area (Å²) >= 11 is 1.26. The van der Waals surface area contributed by atoms with Gasteiger partial charge in [0.15, 0.2) is 0 Å². The van der Waals surface area contributed by atoms with Gasteiger partial charge in [0.25, 0.3) is 0 Å². The van der Waals surface area contributed by atoms with Crippen molar-refractivity contribution in [2.24, 2.45) is 5.41 Å². The van der Waals surface area contributed by atoms with E-state index in [-0.39, 0.29) is 17.4 Å². The fourth-order valence-corrected chi connectivity index (χ4v) is 6.11. The first-order valence-electron chi connectivity index (χ1n) is 10.2. The molecule has 168 valence electrons. The third-order valence-corrected chi connectivity index (χ3v) is 7.90. The van der Waals surface area contributed by atoms with Gasteiger partial charge in [-0.3, -0.25) is 4.79 Å². The van der Waals surface area contributed by atoms with Crippen LogP contribution in [0.4, 0.5) is 8.78 Å². The van der Waals surface area contributed by atoms with Gasteiger partial charge >= 0.3 is 0 Å². The molecule has 1 saturated heterocycles. The Morgan fingerprint density at radius 1 is 1.29 bits per heavy atom. The first-order valence-corrected chi connectivity index (χ1v) is 13.0. The third kappa shape index (κ3) is 4.80. The summed E-state index contributed by atoms with van der Waals surface area (Å²) in [6, 6.07) is 2.49. The molecule has 2 atom stereocenters. The van der Waals surface area contributed by atoms with Crippen molar-refractivity contribution in [3.05, 3.63) is 40.9 Å². The summed E-state index contributed by atoms with van der Waals surface area (Å²) in [6.07, 6.45) is 4.71. The van der Waals surface area contributed by atoms with Gasteiger partial charge < -0.3 is 4.90 Å². The molecule has 0 bridgehead atoms. The summed E-state index contributed by atoms with van der Waals surface area (Å²) in [5.74, 6) is -1.29. The standard InChI is InChI=1S/C21H25F2N3O3S2/c1-21(5-3-6-21)20(27)26-7-4-17(25-31(2,28)29)18(26)11-16-12-30-19(24-16)13-8-14(22)10-15(23)9-13/h8-10,12,17-18,25H,3-7,11H2,1-2H3/t17-,18-/m1/s1. The lowest BCUT2D eigenvalue weighted by Gasteiger charge is -2.41. The van der Waals surface area contributed by atoms with Crippen LogP contribution in [0.2, 0.25) is 0 Å². The van der Waals surface area contributed by atoms with E-state index in [1.54, 1.807) is 10.3 Å². The minimum Gasteiger partial charge on any atom is -0.337 e. The molecular formula is C21H25F2N3O3S2. The van der Waals surface area contributed by atoms with E-state index in [4.69, 9.17) is 0 Å². The van der Waals surface area contributed by atoms with Crippen LogP contribution in [0.15, 0.2) is 23.6 Å². The number of carbonyl (C=O) groups excluding carboxylic acids is 1. The highest BCUT2D eigenvalue weighted by Gasteiger charge is 2.47. The number of rotatable bonds is 6. The lowest BCUT2D eigenvalue weighted by molar-refractivity contribution is -0.147. The Morgan fingerprint density at radius 2 is 1.97 bits per heavy atom. The highest BCUT2D eigenvalue weighted by atomic mass is 32.2. The number of aromatic nitrogens is 1. The number of thiazole rings is 1. The average molecular weight is 470 g/mol. The molecule has 2 aliphatic rings. The number of hydrogen-bond acceptors (Lipinski definition) is 5. The number of likely N-dealkylation sites (tertiary alicyclic amines) is 1. The van der Waals surface area contributed by atoms with Gasteiger partial charge in [0, 0.05) is 41.4 Å². The molecule has 1 aliphatic carbocycles. The number of amides is 1. The van der Waals surface area contributed by atoms with E-state index in [0.717, 1.165) is 31.6 Å². The van der Waals surface area contributed by atoms with Gasteiger partial charge in [-0.15, -0.1) is 11.3 Å². The zero-order valence-corrected chi connectivity index (χ0v) is 19.0. The van der Waals surface area contributed by atoms with Crippen molar-refractivity contribution < 1.29 is 22.0 Å². The van der Waals surface area contributed by atoms with Crippen molar-refractivity contribution in [3.8, 4) is 10.6 Å². The van der Waals surface area contributed by atoms with Gasteiger partial charge in [0.1, 0.15) is 16.6 Å². The Morgan fingerprint density at radius 3 is 2.55 bits per heavy atom. The number of nitrogens with zero attached hydrogens (tertiary/aromatic N) is 2. The zero-order chi connectivity index (χ0) is 22.4. The molecule has 0 spiro atoms. The average Bonchev–Trinajstić information content (AvgIpc) is 3.25. The predicted molar refractivity (Wildman–Crippen MR) is 115 cm³/mol. The summed E-state index contributed by atoms with van der Waals surface area (Å²) in [5, 5.41) is 2.27. The predicted octanol–water partition coefficient (Wildman–Crippen LogP) is 3.34. The van der Waals surface area contributed by atoms with Crippen LogP contribution < -0.4 is 4.72 Å². The molecule has 2 aromatic rings. The minimum atomic E-state index is -3.45. The Bertz CT molecular complexity index is 1080. The molecule has 1 aromatic carbocycles. The van der Waals surface area contributed by atoms with E-state index in [2.05, 4.69) is 9.71 Å². The van der Waals surface area contributed by atoms with Gasteiger partial charge in [-0.1, -0.05) is 13.3 Å². The van der Waals surface area contributed by atoms with Gasteiger partial charge in [-0.2, -0.15) is 0 Å². The van der Waals surface area contributed by atoms with Gasteiger partial charge in [-0.05, 0) is 31.4 Å². The maximum Gasteiger partial charge on any atom is 0.228 e. The monoisotopic (exact) mass is 469 g/mol. The molecule has 2 heterocycles. The van der Waals surface area contributed by atoms with Crippen molar-refractivity contribution in [1.82, 2.24) is 14.6 Å². The van der Waals surface area contributed by atoms with Crippen molar-refractivity contribution >= 4 is 27.3 Å². The molecule has 1 saturated carbocycles. The van der Waals surface area contributed by atoms with Crippen LogP contribution >= 0.6 is 11.3 Å². The Hall–Kier alpha value is -1.91. The van der Waals surface area contributed by atoms with Crippen LogP contribution in [0, 0.1) is 17.0 Å². The summed E-state index contributed by atoms with van der Waals surface area (Å²) < 4.78 is 53.6. The topological polar surface area (TPSA) is 79.4 Å². The summed E-state index contributed by atoms with van der Waals surface area (Å²) in [4.78, 5) is 19.5. The Balaban J connectivity index is 1.59. The van der Waals surface area contributed by atoms with E-state index in [1.165, 1.54) is 23.5 Å². The molecule has 0 radical (unpaired) electrons. The highest BCUT2D eigenvalue weighted by molar-refractivity contribution is 7.88. The van der Waals surface area contributed by atoms with Crippen LogP contribution in [0.25, 0.3) is 10.6 Å². The number of halogens is 2. The molecule has 1 amide bonds. The van der Waals surface area contributed by atoms with E-state index in [9.17, 15) is 22.0 Å². The number of hydrogen-bond donors (Lipinski definition) is 1. The lowest BCUT2D eigenvalue weighted by atomic mass is 9.69. The molecule has 0 unspecified atom stereocenters. The van der Waals surface area contributed by atoms with Crippen molar-refractivity contribution in [2.75, 3.05) is 12.8 Å². The SMILES string of the molecule is CC1(C(=O)N2CC[C@@H](NS(C)(=O)=O)[C@H]2Cc2csc(-c3cc(F)cc(F)c3)n2)CCC1. The minimum absolute atomic E-state index is 0.0594. The maximum atomic E-state index is 13.6. The number of benzene rings is 1. The van der Waals surface area contributed by atoms with Crippen LogP contribution in [0.5, 0.6) is 0 Å². The van der Waals surface area contributed by atoms with Crippen LogP contribution in [0.3, 0.4) is 0 Å². The van der Waals surface area contributed by atoms with E-state index >= 15 is 0 Å². The Labute approximate surface area is 184 Å². The Kier molecular flexibility index (Phi) is 5.91. The smallest absolute Gasteiger partial charge is 0.228 e. The molecule has 6 nitrogen and oxygen atoms in total. The fraction of sp³-hybridized carbons (Fsp3) is 0.524. The summed E-state index contributed by atoms with van der Waals surface area (Å²) in [5.41, 5.74) is 0.624. The quantitative estimate of drug-likeness (QED) is 0.704. The number of sulfonamides is 1. The normalized spacial score (nSPS) is 23.0. The zero-order valence-electron chi connectivity index (χ0n) is 17.4. The van der Waals surface area contributed by atoms with E-state index < -0.39 is 27.7 Å². The fourth-order valence-electron chi connectivity index (χ4n) is 4.46. The largest absolute Gasteiger partial charge is 0.337 e. The molecular weight excluding hydrogens is 444 g/mol. The maximum absolute atomic E-state index is 13.6. The molecule has 1 N–H and O–H groups in total.